The van der Waals surface area contributed by atoms with Gasteiger partial charge in [-0.3, -0.25) is 4.79 Å². The second-order valence-electron chi connectivity index (χ2n) is 4.97. The van der Waals surface area contributed by atoms with Crippen molar-refractivity contribution >= 4 is 11.9 Å². The highest BCUT2D eigenvalue weighted by molar-refractivity contribution is 5.96. The summed E-state index contributed by atoms with van der Waals surface area (Å²) in [5, 5.41) is 2.50. The Morgan fingerprint density at radius 2 is 1.74 bits per heavy atom. The fourth-order valence-electron chi connectivity index (χ4n) is 1.39. The van der Waals surface area contributed by atoms with E-state index in [4.69, 9.17) is 4.74 Å². The third-order valence-electron chi connectivity index (χ3n) is 2.18. The summed E-state index contributed by atoms with van der Waals surface area (Å²) < 4.78 is 10.1. The van der Waals surface area contributed by atoms with Crippen molar-refractivity contribution < 1.29 is 19.1 Å². The van der Waals surface area contributed by atoms with Crippen LogP contribution in [0.1, 0.15) is 31.1 Å². The van der Waals surface area contributed by atoms with Gasteiger partial charge in [0.2, 0.25) is 6.23 Å². The van der Waals surface area contributed by atoms with Gasteiger partial charge in [0.05, 0.1) is 12.7 Å². The Kier molecular flexibility index (Phi) is 5.06. The first kappa shape index (κ1) is 15.2. The predicted molar refractivity (Wildman–Crippen MR) is 70.6 cm³/mol. The molecule has 0 aliphatic heterocycles. The van der Waals surface area contributed by atoms with Gasteiger partial charge in [-0.05, 0) is 32.9 Å². The lowest BCUT2D eigenvalue weighted by Crippen LogP contribution is -2.47. The molecule has 1 aromatic rings. The van der Waals surface area contributed by atoms with Crippen molar-refractivity contribution in [2.75, 3.05) is 7.11 Å². The van der Waals surface area contributed by atoms with Gasteiger partial charge in [0.1, 0.15) is 0 Å². The molecule has 0 aliphatic rings. The number of amides is 1. The van der Waals surface area contributed by atoms with Gasteiger partial charge in [-0.25, -0.2) is 4.79 Å². The Hall–Kier alpha value is -1.88. The summed E-state index contributed by atoms with van der Waals surface area (Å²) in [6, 6.07) is 8.60. The first-order chi connectivity index (χ1) is 8.83. The molecule has 0 aliphatic carbocycles. The zero-order chi connectivity index (χ0) is 14.5. The van der Waals surface area contributed by atoms with E-state index in [0.29, 0.717) is 5.56 Å². The van der Waals surface area contributed by atoms with Gasteiger partial charge < -0.3 is 14.8 Å². The van der Waals surface area contributed by atoms with Crippen LogP contribution in [0.15, 0.2) is 30.3 Å². The Labute approximate surface area is 112 Å². The molecule has 0 spiro atoms. The number of hydrogen-bond donors (Lipinski definition) is 1. The van der Waals surface area contributed by atoms with Crippen molar-refractivity contribution in [3.8, 4) is 0 Å². The van der Waals surface area contributed by atoms with Gasteiger partial charge in [0.25, 0.3) is 5.91 Å². The molecule has 1 amide bonds. The maximum absolute atomic E-state index is 12.0. The van der Waals surface area contributed by atoms with Gasteiger partial charge in [-0.1, -0.05) is 18.2 Å². The van der Waals surface area contributed by atoms with E-state index >= 15 is 0 Å². The van der Waals surface area contributed by atoms with Crippen LogP contribution in [0.4, 0.5) is 0 Å². The molecule has 1 N–H and O–H groups in total. The second kappa shape index (κ2) is 6.33. The quantitative estimate of drug-likeness (QED) is 0.665. The maximum atomic E-state index is 12.0. The molecular weight excluding hydrogens is 246 g/mol. The maximum Gasteiger partial charge on any atom is 0.356 e. The van der Waals surface area contributed by atoms with E-state index in [1.165, 1.54) is 7.11 Å². The lowest BCUT2D eigenvalue weighted by molar-refractivity contribution is -0.165. The van der Waals surface area contributed by atoms with E-state index in [9.17, 15) is 9.59 Å². The first-order valence-corrected chi connectivity index (χ1v) is 5.95. The fourth-order valence-corrected chi connectivity index (χ4v) is 1.39. The number of nitrogens with one attached hydrogen (secondary N) is 1. The summed E-state index contributed by atoms with van der Waals surface area (Å²) in [6.45, 7) is 5.37. The lowest BCUT2D eigenvalue weighted by atomic mass is 10.2. The summed E-state index contributed by atoms with van der Waals surface area (Å²) in [6.07, 6.45) is -1.13. The van der Waals surface area contributed by atoms with Gasteiger partial charge in [-0.15, -0.1) is 0 Å². The zero-order valence-electron chi connectivity index (χ0n) is 11.6. The smallest absolute Gasteiger partial charge is 0.356 e. The highest BCUT2D eigenvalue weighted by Gasteiger charge is 2.27. The SMILES string of the molecule is COC(=O)C(NC(=O)c1ccccc1)OC(C)(C)C. The molecule has 0 radical (unpaired) electrons. The highest BCUT2D eigenvalue weighted by Crippen LogP contribution is 2.11. The number of benzene rings is 1. The molecule has 1 unspecified atom stereocenters. The molecule has 1 aromatic carbocycles. The molecule has 104 valence electrons. The van der Waals surface area contributed by atoms with Gasteiger partial charge in [0, 0.05) is 5.56 Å². The van der Waals surface area contributed by atoms with Crippen LogP contribution in [0.2, 0.25) is 0 Å². The standard InChI is InChI=1S/C14H19NO4/c1-14(2,3)19-12(13(17)18-4)15-11(16)10-8-6-5-7-9-10/h5-9,12H,1-4H3,(H,15,16). The van der Waals surface area contributed by atoms with Gasteiger partial charge in [-0.2, -0.15) is 0 Å². The van der Waals surface area contributed by atoms with Gasteiger partial charge >= 0.3 is 5.97 Å². The number of rotatable bonds is 4. The van der Waals surface area contributed by atoms with E-state index < -0.39 is 17.8 Å². The third kappa shape index (κ3) is 5.09. The second-order valence-corrected chi connectivity index (χ2v) is 4.97. The van der Waals surface area contributed by atoms with E-state index in [1.807, 2.05) is 0 Å². The van der Waals surface area contributed by atoms with Crippen LogP contribution in [-0.2, 0) is 14.3 Å². The van der Waals surface area contributed by atoms with Crippen molar-refractivity contribution in [2.24, 2.45) is 0 Å². The molecule has 0 aromatic heterocycles. The van der Waals surface area contributed by atoms with E-state index in [2.05, 4.69) is 10.1 Å². The largest absolute Gasteiger partial charge is 0.466 e. The van der Waals surface area contributed by atoms with Gasteiger partial charge in [0.15, 0.2) is 0 Å². The van der Waals surface area contributed by atoms with Crippen LogP contribution in [0.5, 0.6) is 0 Å². The fraction of sp³-hybridized carbons (Fsp3) is 0.429. The van der Waals surface area contributed by atoms with Crippen LogP contribution < -0.4 is 5.32 Å². The minimum Gasteiger partial charge on any atom is -0.466 e. The predicted octanol–water partition coefficient (Wildman–Crippen LogP) is 1.73. The summed E-state index contributed by atoms with van der Waals surface area (Å²) >= 11 is 0. The topological polar surface area (TPSA) is 64.6 Å². The summed E-state index contributed by atoms with van der Waals surface area (Å²) in [5.41, 5.74) is -0.128. The van der Waals surface area contributed by atoms with Crippen molar-refractivity contribution in [1.82, 2.24) is 5.32 Å². The Balaban J connectivity index is 2.78. The number of ether oxygens (including phenoxy) is 2. The van der Waals surface area contributed by atoms with Crippen LogP contribution >= 0.6 is 0 Å². The molecule has 5 nitrogen and oxygen atoms in total. The van der Waals surface area contributed by atoms with Crippen LogP contribution in [-0.4, -0.2) is 30.8 Å². The molecule has 0 saturated heterocycles. The monoisotopic (exact) mass is 265 g/mol. The molecule has 19 heavy (non-hydrogen) atoms. The molecular formula is C14H19NO4. The van der Waals surface area contributed by atoms with Crippen molar-refractivity contribution in [2.45, 2.75) is 32.6 Å². The number of methoxy groups -OCH3 is 1. The number of carbonyl (C=O) groups excluding carboxylic acids is 2. The molecule has 1 atom stereocenters. The summed E-state index contributed by atoms with van der Waals surface area (Å²) in [5.74, 6) is -1.03. The van der Waals surface area contributed by atoms with Crippen LogP contribution in [0.3, 0.4) is 0 Å². The van der Waals surface area contributed by atoms with Crippen molar-refractivity contribution in [3.63, 3.8) is 0 Å². The number of carbonyl (C=O) groups is 2. The minimum absolute atomic E-state index is 0.389. The summed E-state index contributed by atoms with van der Waals surface area (Å²) in [4.78, 5) is 23.6. The van der Waals surface area contributed by atoms with Crippen LogP contribution in [0.25, 0.3) is 0 Å². The average Bonchev–Trinajstić information content (AvgIpc) is 2.36. The van der Waals surface area contributed by atoms with E-state index in [1.54, 1.807) is 51.1 Å². The first-order valence-electron chi connectivity index (χ1n) is 5.95. The minimum atomic E-state index is -1.13. The Morgan fingerprint density at radius 1 is 1.16 bits per heavy atom. The highest BCUT2D eigenvalue weighted by atomic mass is 16.6. The molecule has 0 fully saturated rings. The molecule has 5 heteroatoms. The summed E-state index contributed by atoms with van der Waals surface area (Å²) in [7, 11) is 1.25. The Bertz CT molecular complexity index is 437. The normalized spacial score (nSPS) is 12.6. The molecule has 0 saturated carbocycles. The third-order valence-corrected chi connectivity index (χ3v) is 2.18. The van der Waals surface area contributed by atoms with E-state index in [-0.39, 0.29) is 5.91 Å². The number of hydrogen-bond acceptors (Lipinski definition) is 4. The van der Waals surface area contributed by atoms with E-state index in [0.717, 1.165) is 0 Å². The lowest BCUT2D eigenvalue weighted by Gasteiger charge is -2.26. The molecule has 0 heterocycles. The molecule has 1 rings (SSSR count). The number of esters is 1. The van der Waals surface area contributed by atoms with Crippen molar-refractivity contribution in [1.29, 1.82) is 0 Å². The Morgan fingerprint density at radius 3 is 2.21 bits per heavy atom. The van der Waals surface area contributed by atoms with Crippen molar-refractivity contribution in [3.05, 3.63) is 35.9 Å². The zero-order valence-corrected chi connectivity index (χ0v) is 11.6. The molecule has 0 bridgehead atoms. The average molecular weight is 265 g/mol. The van der Waals surface area contributed by atoms with Crippen LogP contribution in [0, 0.1) is 0 Å².